The first-order chi connectivity index (χ1) is 20.1. The van der Waals surface area contributed by atoms with Crippen LogP contribution in [0.3, 0.4) is 0 Å². The minimum atomic E-state index is -2.68. The molecular weight excluding hydrogens is 556 g/mol. The molecule has 2 aromatic rings. The fourth-order valence-corrected chi connectivity index (χ4v) is 6.94. The van der Waals surface area contributed by atoms with E-state index in [1.165, 1.54) is 4.90 Å². The van der Waals surface area contributed by atoms with Gasteiger partial charge in [-0.2, -0.15) is 0 Å². The normalized spacial score (nSPS) is 25.2. The van der Waals surface area contributed by atoms with Crippen molar-refractivity contribution >= 4 is 28.9 Å². The maximum Gasteiger partial charge on any atom is 0.255 e. The van der Waals surface area contributed by atoms with E-state index >= 15 is 0 Å². The van der Waals surface area contributed by atoms with Gasteiger partial charge in [0, 0.05) is 43.4 Å². The number of aliphatic hydroxyl groups excluding tert-OH is 2. The number of carbonyl (C=O) groups excluding carboxylic acids is 3. The Labute approximate surface area is 249 Å². The van der Waals surface area contributed by atoms with E-state index < -0.39 is 58.0 Å². The number of rotatable bonds is 7. The number of benzene rings is 1. The van der Waals surface area contributed by atoms with Crippen LogP contribution in [0.1, 0.15) is 40.2 Å². The van der Waals surface area contributed by atoms with Crippen molar-refractivity contribution in [2.75, 3.05) is 33.1 Å². The number of Topliss-reactive ketones (excluding diaryl/α,β-unsaturated/α-hetero) is 2. The van der Waals surface area contributed by atoms with Crippen molar-refractivity contribution in [1.82, 2.24) is 10.2 Å². The van der Waals surface area contributed by atoms with Gasteiger partial charge in [0.15, 0.2) is 11.4 Å². The van der Waals surface area contributed by atoms with Crippen LogP contribution in [-0.2, 0) is 33.9 Å². The zero-order valence-electron chi connectivity index (χ0n) is 25.1. The van der Waals surface area contributed by atoms with Gasteiger partial charge in [-0.1, -0.05) is 0 Å². The number of nitrogens with two attached hydrogens (primary N) is 1. The topological polar surface area (TPSA) is 190 Å². The van der Waals surface area contributed by atoms with Gasteiger partial charge in [-0.3, -0.25) is 19.3 Å². The summed E-state index contributed by atoms with van der Waals surface area (Å²) in [6, 6.07) is 2.62. The number of fused-ring (bicyclic) bond motifs is 3. The lowest BCUT2D eigenvalue weighted by Crippen LogP contribution is -2.65. The summed E-state index contributed by atoms with van der Waals surface area (Å²) in [6.07, 6.45) is 0.249. The van der Waals surface area contributed by atoms with Gasteiger partial charge in [0.2, 0.25) is 5.78 Å². The minimum Gasteiger partial charge on any atom is -0.508 e. The van der Waals surface area contributed by atoms with Crippen molar-refractivity contribution in [2.24, 2.45) is 17.6 Å². The third-order valence-corrected chi connectivity index (χ3v) is 9.09. The molecule has 3 aliphatic carbocycles. The highest BCUT2D eigenvalue weighted by molar-refractivity contribution is 6.24. The molecule has 0 bridgehead atoms. The largest absolute Gasteiger partial charge is 0.508 e. The van der Waals surface area contributed by atoms with Gasteiger partial charge < -0.3 is 40.8 Å². The van der Waals surface area contributed by atoms with E-state index in [9.17, 15) is 34.8 Å². The quantitative estimate of drug-likeness (QED) is 0.255. The first kappa shape index (κ1) is 30.3. The Bertz CT molecular complexity index is 1600. The summed E-state index contributed by atoms with van der Waals surface area (Å²) in [7, 11) is 6.80. The number of likely N-dealkylation sites (N-methyl/N-ethyl adjacent to an activating group) is 1. The summed E-state index contributed by atoms with van der Waals surface area (Å²) in [5.74, 6) is -5.16. The van der Waals surface area contributed by atoms with Gasteiger partial charge in [0.25, 0.3) is 5.91 Å². The predicted molar refractivity (Wildman–Crippen MR) is 157 cm³/mol. The van der Waals surface area contributed by atoms with E-state index in [1.54, 1.807) is 14.1 Å². The zero-order valence-corrected chi connectivity index (χ0v) is 25.1. The smallest absolute Gasteiger partial charge is 0.255 e. The number of aromatic hydroxyl groups is 1. The standard InChI is InChI=1S/C31H38N4O8/c1-13-7-17(43-14(13)2)12-33-11-16-10-20(34(3)4)18-8-15-9-19-24(35(5)6)27(38)23(30(32)41)29(40)31(19,42)28(39)21(15)26(37)22(18)25(16)36/h7,10,15,19,24,33,36-37,40,42H,8-9,11-12H2,1-6H3,(H2,32,41)/t15-,19-,24?,31+/m1/s1. The maximum atomic E-state index is 14.1. The average Bonchev–Trinajstić information content (AvgIpc) is 3.23. The number of anilines is 1. The van der Waals surface area contributed by atoms with Crippen molar-refractivity contribution in [3.05, 3.63) is 62.8 Å². The molecule has 1 unspecified atom stereocenters. The number of nitrogens with zero attached hydrogens (tertiary/aromatic N) is 2. The Morgan fingerprint density at radius 1 is 1.12 bits per heavy atom. The van der Waals surface area contributed by atoms with Crippen molar-refractivity contribution in [2.45, 2.75) is 51.4 Å². The molecule has 1 fully saturated rings. The van der Waals surface area contributed by atoms with Gasteiger partial charge in [-0.15, -0.1) is 0 Å². The maximum absolute atomic E-state index is 14.1. The van der Waals surface area contributed by atoms with Crippen LogP contribution in [0.4, 0.5) is 5.69 Å². The molecule has 7 N–H and O–H groups in total. The van der Waals surface area contributed by atoms with Crippen molar-refractivity contribution in [3.8, 4) is 5.75 Å². The Hall–Kier alpha value is -4.13. The average molecular weight is 595 g/mol. The number of primary amides is 1. The molecule has 4 atom stereocenters. The summed E-state index contributed by atoms with van der Waals surface area (Å²) in [5, 5.41) is 49.1. The van der Waals surface area contributed by atoms with E-state index in [-0.39, 0.29) is 36.3 Å². The SMILES string of the molecule is Cc1cc(CNCc2cc(N(C)C)c3c(c2O)C(O)=C2C(=O)[C@]4(O)C(O)=C(C(N)=O)C(=O)C(N(C)C)[C@H]4C[C@H]2C3)oc1C. The van der Waals surface area contributed by atoms with Crippen LogP contribution in [0.5, 0.6) is 5.75 Å². The fraction of sp³-hybridized carbons (Fsp3) is 0.452. The molecule has 3 aliphatic rings. The molecule has 12 nitrogen and oxygen atoms in total. The first-order valence-corrected chi connectivity index (χ1v) is 14.1. The third kappa shape index (κ3) is 4.52. The number of hydrogen-bond donors (Lipinski definition) is 6. The molecule has 1 aromatic carbocycles. The molecule has 230 valence electrons. The van der Waals surface area contributed by atoms with E-state index in [0.29, 0.717) is 17.7 Å². The number of furan rings is 1. The van der Waals surface area contributed by atoms with E-state index in [1.807, 2.05) is 45.0 Å². The molecule has 1 aromatic heterocycles. The highest BCUT2D eigenvalue weighted by atomic mass is 16.4. The highest BCUT2D eigenvalue weighted by Gasteiger charge is 2.64. The molecule has 43 heavy (non-hydrogen) atoms. The molecule has 0 radical (unpaired) electrons. The van der Waals surface area contributed by atoms with Crippen LogP contribution < -0.4 is 16.0 Å². The van der Waals surface area contributed by atoms with E-state index in [2.05, 4.69) is 5.32 Å². The van der Waals surface area contributed by atoms with Crippen molar-refractivity contribution in [1.29, 1.82) is 0 Å². The first-order valence-electron chi connectivity index (χ1n) is 14.1. The van der Waals surface area contributed by atoms with Gasteiger partial charge in [0.1, 0.15) is 34.4 Å². The minimum absolute atomic E-state index is 0.0324. The zero-order chi connectivity index (χ0) is 31.7. The summed E-state index contributed by atoms with van der Waals surface area (Å²) in [4.78, 5) is 42.9. The summed E-state index contributed by atoms with van der Waals surface area (Å²) in [5.41, 5.74) is 4.57. The molecular formula is C31H38N4O8. The number of ketones is 2. The van der Waals surface area contributed by atoms with Crippen molar-refractivity contribution in [3.63, 3.8) is 0 Å². The van der Waals surface area contributed by atoms with Crippen molar-refractivity contribution < 1.29 is 39.2 Å². The van der Waals surface area contributed by atoms with Gasteiger partial charge in [-0.05, 0) is 70.0 Å². The van der Waals surface area contributed by atoms with Crippen LogP contribution in [0.25, 0.3) is 5.76 Å². The lowest BCUT2D eigenvalue weighted by atomic mass is 9.57. The lowest BCUT2D eigenvalue weighted by molar-refractivity contribution is -0.153. The number of phenolic OH excluding ortho intramolecular Hbond substituents is 1. The summed E-state index contributed by atoms with van der Waals surface area (Å²) in [6.45, 7) is 4.43. The number of hydrogen-bond acceptors (Lipinski definition) is 11. The summed E-state index contributed by atoms with van der Waals surface area (Å²) < 4.78 is 5.72. The van der Waals surface area contributed by atoms with E-state index in [0.717, 1.165) is 22.8 Å². The van der Waals surface area contributed by atoms with Gasteiger partial charge in [0.05, 0.1) is 18.2 Å². The second kappa shape index (κ2) is 10.5. The Balaban J connectivity index is 1.61. The van der Waals surface area contributed by atoms with Crippen LogP contribution in [0, 0.1) is 25.7 Å². The van der Waals surface area contributed by atoms with Crippen LogP contribution in [0.15, 0.2) is 33.5 Å². The Morgan fingerprint density at radius 3 is 2.35 bits per heavy atom. The molecule has 0 spiro atoms. The number of nitrogens with one attached hydrogen (secondary N) is 1. The van der Waals surface area contributed by atoms with Crippen LogP contribution in [0.2, 0.25) is 0 Å². The predicted octanol–water partition coefficient (Wildman–Crippen LogP) is 1.53. The third-order valence-electron chi connectivity index (χ3n) is 9.09. The molecule has 1 amide bonds. The number of aryl methyl sites for hydroxylation is 2. The van der Waals surface area contributed by atoms with E-state index in [4.69, 9.17) is 10.2 Å². The van der Waals surface area contributed by atoms with Gasteiger partial charge >= 0.3 is 0 Å². The number of carbonyl (C=O) groups is 3. The molecule has 0 aliphatic heterocycles. The molecule has 12 heteroatoms. The number of phenols is 1. The lowest BCUT2D eigenvalue weighted by Gasteiger charge is -2.50. The Kier molecular flexibility index (Phi) is 7.44. The molecule has 1 heterocycles. The molecule has 1 saturated carbocycles. The second-order valence-corrected chi connectivity index (χ2v) is 12.2. The molecule has 5 rings (SSSR count). The van der Waals surface area contributed by atoms with Crippen LogP contribution in [-0.4, -0.2) is 82.6 Å². The van der Waals surface area contributed by atoms with Gasteiger partial charge in [-0.25, -0.2) is 0 Å². The number of amides is 1. The Morgan fingerprint density at radius 2 is 1.79 bits per heavy atom. The summed E-state index contributed by atoms with van der Waals surface area (Å²) >= 11 is 0. The monoisotopic (exact) mass is 594 g/mol. The number of aliphatic hydroxyl groups is 3. The molecule has 0 saturated heterocycles. The van der Waals surface area contributed by atoms with Crippen LogP contribution >= 0.6 is 0 Å². The fourth-order valence-electron chi connectivity index (χ4n) is 6.94. The second-order valence-electron chi connectivity index (χ2n) is 12.2. The highest BCUT2D eigenvalue weighted by Crippen LogP contribution is 2.54.